The lowest BCUT2D eigenvalue weighted by molar-refractivity contribution is 0.0492. The van der Waals surface area contributed by atoms with Crippen molar-refractivity contribution >= 4 is 0 Å². The minimum absolute atomic E-state index is 0.506. The highest BCUT2D eigenvalue weighted by molar-refractivity contribution is 4.71. The lowest BCUT2D eigenvalue weighted by atomic mass is 10.1. The molecule has 1 aliphatic rings. The quantitative estimate of drug-likeness (QED) is 0.710. The normalized spacial score (nSPS) is 30.7. The maximum Gasteiger partial charge on any atom is 0.0579 e. The van der Waals surface area contributed by atoms with Gasteiger partial charge < -0.3 is 10.1 Å². The molecular formula is C11H23NO. The van der Waals surface area contributed by atoms with E-state index in [0.717, 1.165) is 0 Å². The van der Waals surface area contributed by atoms with Gasteiger partial charge in [-0.25, -0.2) is 0 Å². The zero-order valence-electron chi connectivity index (χ0n) is 9.18. The third kappa shape index (κ3) is 4.10. The van der Waals surface area contributed by atoms with Crippen molar-refractivity contribution in [2.75, 3.05) is 7.05 Å². The summed E-state index contributed by atoms with van der Waals surface area (Å²) in [5.74, 6) is 0. The second-order valence-corrected chi connectivity index (χ2v) is 4.27. The van der Waals surface area contributed by atoms with Crippen molar-refractivity contribution in [1.29, 1.82) is 0 Å². The Balaban J connectivity index is 2.00. The van der Waals surface area contributed by atoms with Gasteiger partial charge in [0.25, 0.3) is 0 Å². The number of hydrogen-bond acceptors (Lipinski definition) is 2. The topological polar surface area (TPSA) is 21.3 Å². The molecule has 2 nitrogen and oxygen atoms in total. The Morgan fingerprint density at radius 1 is 1.46 bits per heavy atom. The van der Waals surface area contributed by atoms with Gasteiger partial charge >= 0.3 is 0 Å². The predicted molar refractivity (Wildman–Crippen MR) is 55.9 cm³/mol. The lowest BCUT2D eigenvalue weighted by Gasteiger charge is -2.13. The third-order valence-corrected chi connectivity index (χ3v) is 2.98. The molecule has 0 bridgehead atoms. The van der Waals surface area contributed by atoms with Gasteiger partial charge in [0.05, 0.1) is 12.2 Å². The molecule has 1 heterocycles. The van der Waals surface area contributed by atoms with Gasteiger partial charge in [0.1, 0.15) is 0 Å². The highest BCUT2D eigenvalue weighted by Gasteiger charge is 2.20. The Kier molecular flexibility index (Phi) is 4.74. The molecule has 2 heteroatoms. The SMILES string of the molecule is CNC(C)CCCC1CCC(C)O1. The summed E-state index contributed by atoms with van der Waals surface area (Å²) in [6.45, 7) is 4.41. The molecule has 0 aromatic heterocycles. The minimum Gasteiger partial charge on any atom is -0.375 e. The first-order valence-electron chi connectivity index (χ1n) is 5.55. The monoisotopic (exact) mass is 185 g/mol. The largest absolute Gasteiger partial charge is 0.375 e. The summed E-state index contributed by atoms with van der Waals surface area (Å²) >= 11 is 0. The van der Waals surface area contributed by atoms with Crippen LogP contribution in [-0.4, -0.2) is 25.3 Å². The molecule has 3 atom stereocenters. The van der Waals surface area contributed by atoms with E-state index in [4.69, 9.17) is 4.74 Å². The molecule has 0 saturated carbocycles. The van der Waals surface area contributed by atoms with Crippen molar-refractivity contribution in [2.45, 2.75) is 64.2 Å². The molecule has 1 aliphatic heterocycles. The summed E-state index contributed by atoms with van der Waals surface area (Å²) in [7, 11) is 2.03. The highest BCUT2D eigenvalue weighted by Crippen LogP contribution is 2.23. The van der Waals surface area contributed by atoms with Crippen LogP contribution in [0.2, 0.25) is 0 Å². The summed E-state index contributed by atoms with van der Waals surface area (Å²) in [4.78, 5) is 0. The maximum absolute atomic E-state index is 5.76. The van der Waals surface area contributed by atoms with Crippen LogP contribution >= 0.6 is 0 Å². The van der Waals surface area contributed by atoms with Crippen molar-refractivity contribution in [3.8, 4) is 0 Å². The lowest BCUT2D eigenvalue weighted by Crippen LogP contribution is -2.21. The molecule has 1 rings (SSSR count). The van der Waals surface area contributed by atoms with Crippen LogP contribution in [0.4, 0.5) is 0 Å². The average Bonchev–Trinajstić information content (AvgIpc) is 2.51. The minimum atomic E-state index is 0.506. The van der Waals surface area contributed by atoms with Gasteiger partial charge in [-0.3, -0.25) is 0 Å². The van der Waals surface area contributed by atoms with E-state index in [9.17, 15) is 0 Å². The van der Waals surface area contributed by atoms with Gasteiger partial charge in [-0.15, -0.1) is 0 Å². The van der Waals surface area contributed by atoms with Gasteiger partial charge in [-0.2, -0.15) is 0 Å². The van der Waals surface area contributed by atoms with Crippen molar-refractivity contribution < 1.29 is 4.74 Å². The second-order valence-electron chi connectivity index (χ2n) is 4.27. The first-order chi connectivity index (χ1) is 6.22. The molecule has 0 spiro atoms. The summed E-state index contributed by atoms with van der Waals surface area (Å²) in [5.41, 5.74) is 0. The summed E-state index contributed by atoms with van der Waals surface area (Å²) in [6.07, 6.45) is 7.40. The first kappa shape index (κ1) is 11.0. The molecule has 78 valence electrons. The number of hydrogen-bond donors (Lipinski definition) is 1. The molecule has 13 heavy (non-hydrogen) atoms. The van der Waals surface area contributed by atoms with Crippen LogP contribution in [0.1, 0.15) is 46.0 Å². The maximum atomic E-state index is 5.76. The highest BCUT2D eigenvalue weighted by atomic mass is 16.5. The molecule has 1 N–H and O–H groups in total. The van der Waals surface area contributed by atoms with Crippen molar-refractivity contribution in [3.63, 3.8) is 0 Å². The van der Waals surface area contributed by atoms with Crippen LogP contribution in [0.3, 0.4) is 0 Å². The molecule has 0 aromatic rings. The number of ether oxygens (including phenoxy) is 1. The van der Waals surface area contributed by atoms with E-state index in [1.165, 1.54) is 32.1 Å². The summed E-state index contributed by atoms with van der Waals surface area (Å²) in [5, 5.41) is 3.26. The third-order valence-electron chi connectivity index (χ3n) is 2.98. The van der Waals surface area contributed by atoms with E-state index in [0.29, 0.717) is 18.2 Å². The van der Waals surface area contributed by atoms with Gasteiger partial charge in [-0.05, 0) is 53.0 Å². The zero-order chi connectivity index (χ0) is 9.68. The molecule has 0 radical (unpaired) electrons. The van der Waals surface area contributed by atoms with Crippen LogP contribution < -0.4 is 5.32 Å². The van der Waals surface area contributed by atoms with E-state index >= 15 is 0 Å². The van der Waals surface area contributed by atoms with Gasteiger partial charge in [0, 0.05) is 6.04 Å². The fraction of sp³-hybridized carbons (Fsp3) is 1.00. The van der Waals surface area contributed by atoms with Gasteiger partial charge in [-0.1, -0.05) is 0 Å². The summed E-state index contributed by atoms with van der Waals surface area (Å²) in [6, 6.07) is 0.652. The van der Waals surface area contributed by atoms with E-state index in [1.807, 2.05) is 7.05 Å². The Morgan fingerprint density at radius 2 is 2.23 bits per heavy atom. The van der Waals surface area contributed by atoms with Crippen LogP contribution in [0.25, 0.3) is 0 Å². The van der Waals surface area contributed by atoms with E-state index in [1.54, 1.807) is 0 Å². The smallest absolute Gasteiger partial charge is 0.0579 e. The zero-order valence-corrected chi connectivity index (χ0v) is 9.18. The molecule has 1 saturated heterocycles. The molecule has 0 aliphatic carbocycles. The van der Waals surface area contributed by atoms with Gasteiger partial charge in [0.2, 0.25) is 0 Å². The number of rotatable bonds is 5. The van der Waals surface area contributed by atoms with E-state index < -0.39 is 0 Å². The molecular weight excluding hydrogens is 162 g/mol. The molecule has 3 unspecified atom stereocenters. The fourth-order valence-electron chi connectivity index (χ4n) is 1.89. The van der Waals surface area contributed by atoms with Crippen LogP contribution in [0.15, 0.2) is 0 Å². The van der Waals surface area contributed by atoms with E-state index in [2.05, 4.69) is 19.2 Å². The Morgan fingerprint density at radius 3 is 2.77 bits per heavy atom. The first-order valence-corrected chi connectivity index (χ1v) is 5.55. The molecule has 0 aromatic carbocycles. The average molecular weight is 185 g/mol. The number of nitrogens with one attached hydrogen (secondary N) is 1. The Labute approximate surface area is 82.0 Å². The van der Waals surface area contributed by atoms with Crippen LogP contribution in [0.5, 0.6) is 0 Å². The van der Waals surface area contributed by atoms with E-state index in [-0.39, 0.29) is 0 Å². The molecule has 1 fully saturated rings. The van der Waals surface area contributed by atoms with Crippen molar-refractivity contribution in [1.82, 2.24) is 5.32 Å². The Bertz CT molecular complexity index is 138. The Hall–Kier alpha value is -0.0800. The predicted octanol–water partition coefficient (Wildman–Crippen LogP) is 2.33. The van der Waals surface area contributed by atoms with Crippen LogP contribution in [-0.2, 0) is 4.74 Å². The summed E-state index contributed by atoms with van der Waals surface area (Å²) < 4.78 is 5.76. The second kappa shape index (κ2) is 5.61. The van der Waals surface area contributed by atoms with Gasteiger partial charge in [0.15, 0.2) is 0 Å². The van der Waals surface area contributed by atoms with Crippen molar-refractivity contribution in [2.24, 2.45) is 0 Å². The van der Waals surface area contributed by atoms with Crippen molar-refractivity contribution in [3.05, 3.63) is 0 Å². The fourth-order valence-corrected chi connectivity index (χ4v) is 1.89. The molecule has 0 amide bonds. The standard InChI is InChI=1S/C11H23NO/c1-9(12-3)5-4-6-11-8-7-10(2)13-11/h9-12H,4-8H2,1-3H3. The van der Waals surface area contributed by atoms with Crippen LogP contribution in [0, 0.1) is 0 Å².